The monoisotopic (exact) mass is 251 g/mol. The number of hydrogen-bond acceptors (Lipinski definition) is 3. The van der Waals surface area contributed by atoms with Crippen molar-refractivity contribution in [3.8, 4) is 0 Å². The molecule has 3 atom stereocenters. The molecule has 3 unspecified atom stereocenters. The van der Waals surface area contributed by atoms with Crippen LogP contribution in [0.2, 0.25) is 0 Å². The van der Waals surface area contributed by atoms with E-state index >= 15 is 0 Å². The molecule has 0 aromatic carbocycles. The van der Waals surface area contributed by atoms with E-state index in [1.807, 2.05) is 17.8 Å². The minimum atomic E-state index is -0.208. The smallest absolute Gasteiger partial charge is 0.0891 e. The van der Waals surface area contributed by atoms with E-state index in [0.717, 1.165) is 25.1 Å². The van der Waals surface area contributed by atoms with Gasteiger partial charge in [-0.2, -0.15) is 5.10 Å². The number of nitrogens with two attached hydrogens (primary N) is 1. The van der Waals surface area contributed by atoms with Gasteiger partial charge in [-0.3, -0.25) is 4.68 Å². The molecule has 2 rings (SSSR count). The Morgan fingerprint density at radius 1 is 1.67 bits per heavy atom. The van der Waals surface area contributed by atoms with Crippen LogP contribution < -0.4 is 5.73 Å². The van der Waals surface area contributed by atoms with Crippen molar-refractivity contribution in [1.29, 1.82) is 0 Å². The van der Waals surface area contributed by atoms with E-state index in [2.05, 4.69) is 18.9 Å². The van der Waals surface area contributed by atoms with Gasteiger partial charge in [0.25, 0.3) is 0 Å². The van der Waals surface area contributed by atoms with Crippen LogP contribution >= 0.6 is 0 Å². The Labute approximate surface area is 110 Å². The number of nitrogens with zero attached hydrogens (tertiary/aromatic N) is 2. The summed E-state index contributed by atoms with van der Waals surface area (Å²) in [6, 6.07) is 1.91. The highest BCUT2D eigenvalue weighted by Gasteiger charge is 2.42. The van der Waals surface area contributed by atoms with Crippen LogP contribution in [0.25, 0.3) is 0 Å². The molecule has 0 radical (unpaired) electrons. The maximum absolute atomic E-state index is 6.51. The molecule has 0 amide bonds. The van der Waals surface area contributed by atoms with Crippen LogP contribution in [0.15, 0.2) is 12.3 Å². The SMILES string of the molecule is CCOC1(C(N)c2ccnn2C)CCCC(C)C1. The van der Waals surface area contributed by atoms with Crippen LogP contribution in [0.1, 0.15) is 51.3 Å². The maximum Gasteiger partial charge on any atom is 0.0891 e. The number of hydrogen-bond donors (Lipinski definition) is 1. The summed E-state index contributed by atoms with van der Waals surface area (Å²) in [7, 11) is 1.95. The number of aromatic nitrogens is 2. The lowest BCUT2D eigenvalue weighted by Gasteiger charge is -2.43. The molecule has 1 aromatic heterocycles. The maximum atomic E-state index is 6.51. The molecule has 2 N–H and O–H groups in total. The summed E-state index contributed by atoms with van der Waals surface area (Å²) in [5.74, 6) is 0.685. The van der Waals surface area contributed by atoms with Crippen LogP contribution in [-0.2, 0) is 11.8 Å². The van der Waals surface area contributed by atoms with Gasteiger partial charge in [0, 0.05) is 19.9 Å². The standard InChI is InChI=1S/C14H25N3O/c1-4-18-14(8-5-6-11(2)10-14)13(15)12-7-9-16-17(12)3/h7,9,11,13H,4-6,8,10,15H2,1-3H3. The third-order valence-corrected chi connectivity index (χ3v) is 4.17. The summed E-state index contributed by atoms with van der Waals surface area (Å²) in [4.78, 5) is 0. The van der Waals surface area contributed by atoms with Gasteiger partial charge in [-0.05, 0) is 31.7 Å². The lowest BCUT2D eigenvalue weighted by atomic mass is 9.74. The first-order valence-electron chi connectivity index (χ1n) is 6.96. The van der Waals surface area contributed by atoms with Crippen molar-refractivity contribution in [1.82, 2.24) is 9.78 Å². The van der Waals surface area contributed by atoms with E-state index in [9.17, 15) is 0 Å². The second kappa shape index (κ2) is 5.41. The molecule has 1 aliphatic rings. The lowest BCUT2D eigenvalue weighted by molar-refractivity contribution is -0.0951. The highest BCUT2D eigenvalue weighted by molar-refractivity contribution is 5.13. The van der Waals surface area contributed by atoms with Crippen molar-refractivity contribution in [2.45, 2.75) is 51.2 Å². The van der Waals surface area contributed by atoms with Gasteiger partial charge in [0.05, 0.1) is 17.3 Å². The van der Waals surface area contributed by atoms with E-state index in [1.165, 1.54) is 12.8 Å². The summed E-state index contributed by atoms with van der Waals surface area (Å²) < 4.78 is 7.98. The average molecular weight is 251 g/mol. The lowest BCUT2D eigenvalue weighted by Crippen LogP contribution is -2.47. The minimum Gasteiger partial charge on any atom is -0.373 e. The second-order valence-electron chi connectivity index (χ2n) is 5.56. The molecule has 1 heterocycles. The van der Waals surface area contributed by atoms with Crippen molar-refractivity contribution in [2.75, 3.05) is 6.61 Å². The number of aryl methyl sites for hydroxylation is 1. The van der Waals surface area contributed by atoms with Gasteiger partial charge in [0.1, 0.15) is 0 Å². The quantitative estimate of drug-likeness (QED) is 0.894. The molecule has 102 valence electrons. The summed E-state index contributed by atoms with van der Waals surface area (Å²) in [5.41, 5.74) is 7.37. The number of rotatable bonds is 4. The van der Waals surface area contributed by atoms with Crippen LogP contribution in [0.3, 0.4) is 0 Å². The van der Waals surface area contributed by atoms with Gasteiger partial charge in [-0.1, -0.05) is 19.8 Å². The molecule has 4 heteroatoms. The van der Waals surface area contributed by atoms with Crippen molar-refractivity contribution < 1.29 is 4.74 Å². The summed E-state index contributed by atoms with van der Waals surface area (Å²) >= 11 is 0. The van der Waals surface area contributed by atoms with E-state index in [-0.39, 0.29) is 11.6 Å². The van der Waals surface area contributed by atoms with Crippen LogP contribution in [0, 0.1) is 5.92 Å². The largest absolute Gasteiger partial charge is 0.373 e. The van der Waals surface area contributed by atoms with Crippen LogP contribution in [-0.4, -0.2) is 22.0 Å². The average Bonchev–Trinajstić information content (AvgIpc) is 2.75. The van der Waals surface area contributed by atoms with E-state index < -0.39 is 0 Å². The van der Waals surface area contributed by atoms with Gasteiger partial charge in [-0.25, -0.2) is 0 Å². The molecular formula is C14H25N3O. The van der Waals surface area contributed by atoms with Crippen molar-refractivity contribution in [3.63, 3.8) is 0 Å². The number of ether oxygens (including phenoxy) is 1. The Balaban J connectivity index is 2.26. The molecule has 0 bridgehead atoms. The van der Waals surface area contributed by atoms with Crippen molar-refractivity contribution >= 4 is 0 Å². The van der Waals surface area contributed by atoms with Gasteiger partial charge in [-0.15, -0.1) is 0 Å². The van der Waals surface area contributed by atoms with Crippen LogP contribution in [0.5, 0.6) is 0 Å². The third kappa shape index (κ3) is 2.45. The Morgan fingerprint density at radius 2 is 2.44 bits per heavy atom. The first-order valence-corrected chi connectivity index (χ1v) is 6.96. The Morgan fingerprint density at radius 3 is 3.00 bits per heavy atom. The van der Waals surface area contributed by atoms with Gasteiger partial charge in [0.15, 0.2) is 0 Å². The molecule has 4 nitrogen and oxygen atoms in total. The first-order chi connectivity index (χ1) is 8.59. The molecule has 1 aromatic rings. The molecule has 18 heavy (non-hydrogen) atoms. The molecule has 0 aliphatic heterocycles. The van der Waals surface area contributed by atoms with E-state index in [0.29, 0.717) is 5.92 Å². The zero-order valence-electron chi connectivity index (χ0n) is 11.7. The minimum absolute atomic E-state index is 0.0901. The van der Waals surface area contributed by atoms with Crippen molar-refractivity contribution in [3.05, 3.63) is 18.0 Å². The fourth-order valence-corrected chi connectivity index (χ4v) is 3.29. The van der Waals surface area contributed by atoms with Gasteiger partial charge in [0.2, 0.25) is 0 Å². The zero-order valence-corrected chi connectivity index (χ0v) is 11.7. The predicted molar refractivity (Wildman–Crippen MR) is 72.1 cm³/mol. The fourth-order valence-electron chi connectivity index (χ4n) is 3.29. The molecule has 0 spiro atoms. The zero-order chi connectivity index (χ0) is 13.2. The second-order valence-corrected chi connectivity index (χ2v) is 5.56. The predicted octanol–water partition coefficient (Wildman–Crippen LogP) is 2.41. The Kier molecular flexibility index (Phi) is 4.07. The fraction of sp³-hybridized carbons (Fsp3) is 0.786. The Bertz CT molecular complexity index is 386. The normalized spacial score (nSPS) is 30.3. The van der Waals surface area contributed by atoms with Crippen molar-refractivity contribution in [2.24, 2.45) is 18.7 Å². The van der Waals surface area contributed by atoms with E-state index in [1.54, 1.807) is 6.20 Å². The highest BCUT2D eigenvalue weighted by atomic mass is 16.5. The molecular weight excluding hydrogens is 226 g/mol. The van der Waals surface area contributed by atoms with E-state index in [4.69, 9.17) is 10.5 Å². The summed E-state index contributed by atoms with van der Waals surface area (Å²) in [6.07, 6.45) is 6.39. The molecule has 1 aliphatic carbocycles. The molecule has 1 saturated carbocycles. The van der Waals surface area contributed by atoms with Gasteiger partial charge >= 0.3 is 0 Å². The third-order valence-electron chi connectivity index (χ3n) is 4.17. The molecule has 0 saturated heterocycles. The summed E-state index contributed by atoms with van der Waals surface area (Å²) in [6.45, 7) is 5.07. The topological polar surface area (TPSA) is 53.1 Å². The summed E-state index contributed by atoms with van der Waals surface area (Å²) in [5, 5.41) is 4.22. The highest BCUT2D eigenvalue weighted by Crippen LogP contribution is 2.42. The Hall–Kier alpha value is -0.870. The molecule has 1 fully saturated rings. The first kappa shape index (κ1) is 13.6. The van der Waals surface area contributed by atoms with Gasteiger partial charge < -0.3 is 10.5 Å². The van der Waals surface area contributed by atoms with Crippen LogP contribution in [0.4, 0.5) is 0 Å².